The Kier molecular flexibility index (Phi) is 3.93. The molecule has 1 aromatic carbocycles. The number of alkyl halides is 1. The second-order valence-electron chi connectivity index (χ2n) is 3.46. The highest BCUT2D eigenvalue weighted by atomic mass is 79.9. The monoisotopic (exact) mass is 310 g/mol. The van der Waals surface area contributed by atoms with Gasteiger partial charge in [-0.3, -0.25) is 10.1 Å². The molecular weight excluding hydrogens is 300 g/mol. The lowest BCUT2D eigenvalue weighted by atomic mass is 10.1. The number of H-pyrrole nitrogens is 1. The highest BCUT2D eigenvalue weighted by molar-refractivity contribution is 9.08. The Morgan fingerprint density at radius 3 is 2.72 bits per heavy atom. The predicted molar refractivity (Wildman–Crippen MR) is 70.0 cm³/mol. The molecule has 0 aliphatic heterocycles. The molecule has 0 saturated heterocycles. The molecule has 2 rings (SSSR count). The summed E-state index contributed by atoms with van der Waals surface area (Å²) in [7, 11) is 1.45. The lowest BCUT2D eigenvalue weighted by molar-refractivity contribution is 0.102. The highest BCUT2D eigenvalue weighted by Gasteiger charge is 2.09. The lowest BCUT2D eigenvalue weighted by Crippen LogP contribution is -2.12. The minimum absolute atomic E-state index is 0.180. The van der Waals surface area contributed by atoms with Crippen molar-refractivity contribution in [2.24, 2.45) is 0 Å². The van der Waals surface area contributed by atoms with Gasteiger partial charge in [0.2, 0.25) is 5.95 Å². The van der Waals surface area contributed by atoms with Gasteiger partial charge in [0.05, 0.1) is 7.11 Å². The van der Waals surface area contributed by atoms with E-state index in [1.807, 2.05) is 12.1 Å². The zero-order valence-corrected chi connectivity index (χ0v) is 11.2. The summed E-state index contributed by atoms with van der Waals surface area (Å²) in [4.78, 5) is 15.8. The molecule has 18 heavy (non-hydrogen) atoms. The summed E-state index contributed by atoms with van der Waals surface area (Å²) >= 11 is 3.35. The average Bonchev–Trinajstić information content (AvgIpc) is 2.86. The maximum atomic E-state index is 11.9. The summed E-state index contributed by atoms with van der Waals surface area (Å²) in [5, 5.41) is 9.63. The van der Waals surface area contributed by atoms with Crippen molar-refractivity contribution in [2.75, 3.05) is 12.4 Å². The smallest absolute Gasteiger partial charge is 0.336 e. The summed E-state index contributed by atoms with van der Waals surface area (Å²) in [6.45, 7) is 0. The molecule has 1 heterocycles. The van der Waals surface area contributed by atoms with Gasteiger partial charge in [-0.15, -0.1) is 5.10 Å². The largest absolute Gasteiger partial charge is 0.466 e. The topological polar surface area (TPSA) is 79.9 Å². The van der Waals surface area contributed by atoms with Crippen LogP contribution in [0, 0.1) is 0 Å². The van der Waals surface area contributed by atoms with Crippen LogP contribution in [-0.4, -0.2) is 28.2 Å². The third-order valence-corrected chi connectivity index (χ3v) is 2.90. The van der Waals surface area contributed by atoms with Gasteiger partial charge in [0, 0.05) is 10.9 Å². The Balaban J connectivity index is 2.06. The van der Waals surface area contributed by atoms with Crippen LogP contribution in [0.5, 0.6) is 6.01 Å². The number of anilines is 1. The number of rotatable bonds is 4. The predicted octanol–water partition coefficient (Wildman–Crippen LogP) is 1.96. The number of amides is 1. The third-order valence-electron chi connectivity index (χ3n) is 2.25. The van der Waals surface area contributed by atoms with Gasteiger partial charge in [0.25, 0.3) is 5.91 Å². The number of nitrogens with zero attached hydrogens (tertiary/aromatic N) is 2. The van der Waals surface area contributed by atoms with E-state index in [-0.39, 0.29) is 17.9 Å². The fourth-order valence-electron chi connectivity index (χ4n) is 1.32. The van der Waals surface area contributed by atoms with E-state index >= 15 is 0 Å². The van der Waals surface area contributed by atoms with Gasteiger partial charge < -0.3 is 4.74 Å². The van der Waals surface area contributed by atoms with E-state index in [9.17, 15) is 4.79 Å². The van der Waals surface area contributed by atoms with Gasteiger partial charge in [0.1, 0.15) is 0 Å². The maximum Gasteiger partial charge on any atom is 0.336 e. The molecule has 1 aromatic heterocycles. The van der Waals surface area contributed by atoms with Crippen molar-refractivity contribution in [1.82, 2.24) is 15.2 Å². The summed E-state index contributed by atoms with van der Waals surface area (Å²) in [5.41, 5.74) is 1.66. The van der Waals surface area contributed by atoms with E-state index in [0.29, 0.717) is 5.56 Å². The van der Waals surface area contributed by atoms with Gasteiger partial charge in [-0.25, -0.2) is 5.10 Å². The molecule has 0 unspecified atom stereocenters. The van der Waals surface area contributed by atoms with E-state index in [2.05, 4.69) is 36.4 Å². The fourth-order valence-corrected chi connectivity index (χ4v) is 1.69. The third kappa shape index (κ3) is 2.86. The van der Waals surface area contributed by atoms with Gasteiger partial charge in [-0.1, -0.05) is 28.1 Å². The van der Waals surface area contributed by atoms with Crippen LogP contribution in [0.2, 0.25) is 0 Å². The van der Waals surface area contributed by atoms with Gasteiger partial charge in [0.15, 0.2) is 0 Å². The van der Waals surface area contributed by atoms with Crippen molar-refractivity contribution < 1.29 is 9.53 Å². The van der Waals surface area contributed by atoms with Crippen molar-refractivity contribution in [3.8, 4) is 6.01 Å². The molecule has 0 saturated carbocycles. The van der Waals surface area contributed by atoms with E-state index in [4.69, 9.17) is 4.74 Å². The second kappa shape index (κ2) is 5.63. The van der Waals surface area contributed by atoms with E-state index in [1.54, 1.807) is 12.1 Å². The standard InChI is InChI=1S/C11H11BrN4O2/c1-18-11-14-10(15-16-11)13-9(17)8-4-2-7(6-12)3-5-8/h2-5H,6H2,1H3,(H2,13,14,15,16,17). The average molecular weight is 311 g/mol. The quantitative estimate of drug-likeness (QED) is 0.846. The number of halogens is 1. The first-order valence-corrected chi connectivity index (χ1v) is 6.27. The minimum Gasteiger partial charge on any atom is -0.466 e. The minimum atomic E-state index is -0.255. The van der Waals surface area contributed by atoms with Crippen LogP contribution in [0.3, 0.4) is 0 Å². The SMILES string of the molecule is COc1n[nH]c(NC(=O)c2ccc(CBr)cc2)n1. The summed E-state index contributed by atoms with van der Waals surface area (Å²) in [6, 6.07) is 7.44. The number of hydrogen-bond acceptors (Lipinski definition) is 4. The molecule has 0 atom stereocenters. The molecule has 2 N–H and O–H groups in total. The molecule has 6 nitrogen and oxygen atoms in total. The molecule has 0 aliphatic rings. The fraction of sp³-hybridized carbons (Fsp3) is 0.182. The number of benzene rings is 1. The van der Waals surface area contributed by atoms with Crippen LogP contribution in [0.4, 0.5) is 5.95 Å². The van der Waals surface area contributed by atoms with Crippen LogP contribution in [0.1, 0.15) is 15.9 Å². The summed E-state index contributed by atoms with van der Waals surface area (Å²) in [6.07, 6.45) is 0. The first kappa shape index (κ1) is 12.6. The Morgan fingerprint density at radius 2 is 2.17 bits per heavy atom. The van der Waals surface area contributed by atoms with Crippen LogP contribution >= 0.6 is 15.9 Å². The molecule has 94 valence electrons. The van der Waals surface area contributed by atoms with Crippen LogP contribution in [0.25, 0.3) is 0 Å². The van der Waals surface area contributed by atoms with Crippen LogP contribution in [-0.2, 0) is 5.33 Å². The number of hydrogen-bond donors (Lipinski definition) is 2. The molecule has 0 aliphatic carbocycles. The van der Waals surface area contributed by atoms with Crippen LogP contribution < -0.4 is 10.1 Å². The zero-order valence-electron chi connectivity index (χ0n) is 9.61. The number of aromatic nitrogens is 3. The number of aromatic amines is 1. The molecule has 0 radical (unpaired) electrons. The van der Waals surface area contributed by atoms with Crippen molar-refractivity contribution in [1.29, 1.82) is 0 Å². The normalized spacial score (nSPS) is 10.1. The summed E-state index contributed by atoms with van der Waals surface area (Å²) < 4.78 is 4.80. The molecule has 0 fully saturated rings. The zero-order chi connectivity index (χ0) is 13.0. The maximum absolute atomic E-state index is 11.9. The highest BCUT2D eigenvalue weighted by Crippen LogP contribution is 2.10. The van der Waals surface area contributed by atoms with E-state index < -0.39 is 0 Å². The second-order valence-corrected chi connectivity index (χ2v) is 4.02. The number of nitrogens with one attached hydrogen (secondary N) is 2. The number of carbonyl (C=O) groups is 1. The lowest BCUT2D eigenvalue weighted by Gasteiger charge is -2.02. The summed E-state index contributed by atoms with van der Waals surface area (Å²) in [5.74, 6) is -0.00339. The van der Waals surface area contributed by atoms with Crippen molar-refractivity contribution in [2.45, 2.75) is 5.33 Å². The van der Waals surface area contributed by atoms with E-state index in [1.165, 1.54) is 7.11 Å². The van der Waals surface area contributed by atoms with Crippen molar-refractivity contribution in [3.63, 3.8) is 0 Å². The Hall–Kier alpha value is -1.89. The van der Waals surface area contributed by atoms with Gasteiger partial charge in [-0.2, -0.15) is 4.98 Å². The first-order valence-electron chi connectivity index (χ1n) is 5.15. The number of methoxy groups -OCH3 is 1. The number of ether oxygens (including phenoxy) is 1. The van der Waals surface area contributed by atoms with Crippen molar-refractivity contribution >= 4 is 27.8 Å². The molecule has 0 spiro atoms. The van der Waals surface area contributed by atoms with Gasteiger partial charge >= 0.3 is 6.01 Å². The number of carbonyl (C=O) groups excluding carboxylic acids is 1. The molecule has 1 amide bonds. The molecule has 7 heteroatoms. The molecule has 2 aromatic rings. The van der Waals surface area contributed by atoms with Crippen LogP contribution in [0.15, 0.2) is 24.3 Å². The molecular formula is C11H11BrN4O2. The van der Waals surface area contributed by atoms with Crippen molar-refractivity contribution in [3.05, 3.63) is 35.4 Å². The first-order chi connectivity index (χ1) is 8.72. The van der Waals surface area contributed by atoms with Gasteiger partial charge in [-0.05, 0) is 17.7 Å². The Labute approximate surface area is 112 Å². The Bertz CT molecular complexity index is 538. The Morgan fingerprint density at radius 1 is 1.44 bits per heavy atom. The molecule has 0 bridgehead atoms. The van der Waals surface area contributed by atoms with E-state index in [0.717, 1.165) is 10.9 Å².